The van der Waals surface area contributed by atoms with E-state index in [1.54, 1.807) is 0 Å². The molecule has 92 valence electrons. The molecule has 0 spiro atoms. The largest absolute Gasteiger partial charge is 0.299 e. The summed E-state index contributed by atoms with van der Waals surface area (Å²) < 4.78 is 1.99. The fraction of sp³-hybridized carbons (Fsp3) is 0.769. The molecule has 16 heavy (non-hydrogen) atoms. The van der Waals surface area contributed by atoms with E-state index < -0.39 is 0 Å². The molecule has 1 rings (SSSR count). The van der Waals surface area contributed by atoms with Crippen LogP contribution in [0.2, 0.25) is 0 Å². The first-order valence-electron chi connectivity index (χ1n) is 6.39. The summed E-state index contributed by atoms with van der Waals surface area (Å²) in [5.74, 6) is 0.729. The van der Waals surface area contributed by atoms with E-state index >= 15 is 0 Å². The molecule has 3 nitrogen and oxygen atoms in total. The maximum absolute atomic E-state index is 4.32. The zero-order valence-electron chi connectivity index (χ0n) is 11.1. The lowest BCUT2D eigenvalue weighted by molar-refractivity contribution is 0.236. The Hall–Kier alpha value is -0.830. The number of hydrogen-bond donors (Lipinski definition) is 0. The molecule has 0 atom stereocenters. The van der Waals surface area contributed by atoms with Crippen LogP contribution >= 0.6 is 0 Å². The van der Waals surface area contributed by atoms with Crippen molar-refractivity contribution in [2.24, 2.45) is 5.92 Å². The van der Waals surface area contributed by atoms with E-state index in [9.17, 15) is 0 Å². The van der Waals surface area contributed by atoms with Gasteiger partial charge in [0.1, 0.15) is 0 Å². The van der Waals surface area contributed by atoms with Crippen molar-refractivity contribution < 1.29 is 0 Å². The number of aromatic nitrogens is 2. The molecule has 1 aromatic rings. The minimum atomic E-state index is 0.729. The van der Waals surface area contributed by atoms with Crippen LogP contribution in [0.1, 0.15) is 39.7 Å². The van der Waals surface area contributed by atoms with E-state index in [0.717, 1.165) is 19.0 Å². The second-order valence-electron chi connectivity index (χ2n) is 4.83. The predicted octanol–water partition coefficient (Wildman–Crippen LogP) is 2.77. The van der Waals surface area contributed by atoms with Crippen LogP contribution in [0.25, 0.3) is 0 Å². The highest BCUT2D eigenvalue weighted by Gasteiger charge is 2.08. The third-order valence-electron chi connectivity index (χ3n) is 2.58. The molecule has 0 aromatic carbocycles. The molecule has 0 N–H and O–H groups in total. The van der Waals surface area contributed by atoms with Gasteiger partial charge in [0.15, 0.2) is 0 Å². The fourth-order valence-corrected chi connectivity index (χ4v) is 1.99. The number of aryl methyl sites for hydroxylation is 1. The summed E-state index contributed by atoms with van der Waals surface area (Å²) in [5.41, 5.74) is 1.33. The molecule has 0 radical (unpaired) electrons. The average Bonchev–Trinajstić information content (AvgIpc) is 2.65. The lowest BCUT2D eigenvalue weighted by Crippen LogP contribution is -2.28. The molecular weight excluding hydrogens is 198 g/mol. The van der Waals surface area contributed by atoms with Crippen LogP contribution in [0.15, 0.2) is 12.4 Å². The topological polar surface area (TPSA) is 21.1 Å². The molecule has 0 unspecified atom stereocenters. The smallest absolute Gasteiger partial charge is 0.0534 e. The van der Waals surface area contributed by atoms with Crippen molar-refractivity contribution in [1.29, 1.82) is 0 Å². The minimum Gasteiger partial charge on any atom is -0.299 e. The molecule has 0 amide bonds. The standard InChI is InChI=1S/C13H25N3/c1-5-7-15(9-12(3)4)10-13-8-14-16(6-2)11-13/h8,11-12H,5-7,9-10H2,1-4H3. The van der Waals surface area contributed by atoms with E-state index in [-0.39, 0.29) is 0 Å². The van der Waals surface area contributed by atoms with Crippen LogP contribution in [0, 0.1) is 5.92 Å². The number of nitrogens with zero attached hydrogens (tertiary/aromatic N) is 3. The van der Waals surface area contributed by atoms with Crippen LogP contribution < -0.4 is 0 Å². The lowest BCUT2D eigenvalue weighted by Gasteiger charge is -2.22. The molecule has 1 heterocycles. The summed E-state index contributed by atoms with van der Waals surface area (Å²) in [4.78, 5) is 2.52. The van der Waals surface area contributed by atoms with E-state index in [1.165, 1.54) is 25.1 Å². The van der Waals surface area contributed by atoms with Crippen LogP contribution in [0.3, 0.4) is 0 Å². The Morgan fingerprint density at radius 1 is 1.38 bits per heavy atom. The molecule has 0 saturated heterocycles. The van der Waals surface area contributed by atoms with Crippen LogP contribution in [0.5, 0.6) is 0 Å². The van der Waals surface area contributed by atoms with Crippen molar-refractivity contribution in [2.75, 3.05) is 13.1 Å². The molecule has 0 bridgehead atoms. The Morgan fingerprint density at radius 3 is 2.62 bits per heavy atom. The molecule has 0 aliphatic rings. The molecule has 0 saturated carbocycles. The van der Waals surface area contributed by atoms with Gasteiger partial charge in [-0.3, -0.25) is 9.58 Å². The van der Waals surface area contributed by atoms with Gasteiger partial charge in [-0.15, -0.1) is 0 Å². The first kappa shape index (κ1) is 13.2. The Balaban J connectivity index is 2.52. The second-order valence-corrected chi connectivity index (χ2v) is 4.83. The van der Waals surface area contributed by atoms with Gasteiger partial charge in [-0.1, -0.05) is 20.8 Å². The molecule has 0 aliphatic carbocycles. The van der Waals surface area contributed by atoms with Crippen molar-refractivity contribution in [3.63, 3.8) is 0 Å². The van der Waals surface area contributed by atoms with Gasteiger partial charge in [0.2, 0.25) is 0 Å². The van der Waals surface area contributed by atoms with E-state index in [1.807, 2.05) is 10.9 Å². The van der Waals surface area contributed by atoms with Gasteiger partial charge in [-0.2, -0.15) is 5.10 Å². The van der Waals surface area contributed by atoms with Crippen molar-refractivity contribution in [3.05, 3.63) is 18.0 Å². The Bertz CT molecular complexity index is 291. The molecule has 1 aromatic heterocycles. The van der Waals surface area contributed by atoms with Gasteiger partial charge in [-0.25, -0.2) is 0 Å². The van der Waals surface area contributed by atoms with Gasteiger partial charge >= 0.3 is 0 Å². The second kappa shape index (κ2) is 6.69. The molecule has 0 fully saturated rings. The first-order chi connectivity index (χ1) is 7.65. The van der Waals surface area contributed by atoms with Gasteiger partial charge in [0, 0.05) is 31.4 Å². The summed E-state index contributed by atoms with van der Waals surface area (Å²) in [5, 5.41) is 4.32. The summed E-state index contributed by atoms with van der Waals surface area (Å²) in [6.45, 7) is 13.2. The van der Waals surface area contributed by atoms with Crippen molar-refractivity contribution >= 4 is 0 Å². The zero-order chi connectivity index (χ0) is 12.0. The number of hydrogen-bond acceptors (Lipinski definition) is 2. The third-order valence-corrected chi connectivity index (χ3v) is 2.58. The molecule has 0 aliphatic heterocycles. The van der Waals surface area contributed by atoms with Gasteiger partial charge in [-0.05, 0) is 25.8 Å². The Kier molecular flexibility index (Phi) is 5.53. The monoisotopic (exact) mass is 223 g/mol. The highest BCUT2D eigenvalue weighted by molar-refractivity contribution is 5.03. The maximum Gasteiger partial charge on any atom is 0.0534 e. The lowest BCUT2D eigenvalue weighted by atomic mass is 10.2. The van der Waals surface area contributed by atoms with Crippen molar-refractivity contribution in [2.45, 2.75) is 47.2 Å². The molecular formula is C13H25N3. The summed E-state index contributed by atoms with van der Waals surface area (Å²) in [6.07, 6.45) is 5.37. The highest BCUT2D eigenvalue weighted by atomic mass is 15.3. The third kappa shape index (κ3) is 4.35. The Labute approximate surface area is 99.4 Å². The van der Waals surface area contributed by atoms with E-state index in [2.05, 4.69) is 43.9 Å². The quantitative estimate of drug-likeness (QED) is 0.708. The summed E-state index contributed by atoms with van der Waals surface area (Å²) in [6, 6.07) is 0. The van der Waals surface area contributed by atoms with Crippen molar-refractivity contribution in [3.8, 4) is 0 Å². The maximum atomic E-state index is 4.32. The van der Waals surface area contributed by atoms with E-state index in [0.29, 0.717) is 0 Å². The Morgan fingerprint density at radius 2 is 2.12 bits per heavy atom. The summed E-state index contributed by atoms with van der Waals surface area (Å²) in [7, 11) is 0. The average molecular weight is 223 g/mol. The van der Waals surface area contributed by atoms with Crippen LogP contribution in [-0.2, 0) is 13.1 Å². The summed E-state index contributed by atoms with van der Waals surface area (Å²) >= 11 is 0. The van der Waals surface area contributed by atoms with Crippen LogP contribution in [0.4, 0.5) is 0 Å². The van der Waals surface area contributed by atoms with Gasteiger partial charge < -0.3 is 0 Å². The fourth-order valence-electron chi connectivity index (χ4n) is 1.99. The zero-order valence-corrected chi connectivity index (χ0v) is 11.1. The number of rotatable bonds is 7. The highest BCUT2D eigenvalue weighted by Crippen LogP contribution is 2.07. The van der Waals surface area contributed by atoms with E-state index in [4.69, 9.17) is 0 Å². The SMILES string of the molecule is CCCN(Cc1cnn(CC)c1)CC(C)C. The van der Waals surface area contributed by atoms with Gasteiger partial charge in [0.05, 0.1) is 6.20 Å². The van der Waals surface area contributed by atoms with Crippen LogP contribution in [-0.4, -0.2) is 27.8 Å². The molecule has 3 heteroatoms. The first-order valence-corrected chi connectivity index (χ1v) is 6.39. The predicted molar refractivity (Wildman–Crippen MR) is 68.3 cm³/mol. The normalized spacial score (nSPS) is 11.6. The van der Waals surface area contributed by atoms with Gasteiger partial charge in [0.25, 0.3) is 0 Å². The van der Waals surface area contributed by atoms with Crippen molar-refractivity contribution in [1.82, 2.24) is 14.7 Å². The minimum absolute atomic E-state index is 0.729.